The summed E-state index contributed by atoms with van der Waals surface area (Å²) < 4.78 is 13.9. The number of para-hydroxylation sites is 5. The van der Waals surface area contributed by atoms with Gasteiger partial charge in [-0.1, -0.05) is 36.4 Å². The van der Waals surface area contributed by atoms with E-state index in [0.717, 1.165) is 50.9 Å². The zero-order valence-electron chi connectivity index (χ0n) is 32.1. The van der Waals surface area contributed by atoms with Gasteiger partial charge in [-0.05, 0) is 12.1 Å². The minimum absolute atomic E-state index is 0.658. The average Bonchev–Trinajstić information content (AvgIpc) is 3.63. The SMILES string of the molecule is c1ccc(N2c3ccccc3C3(c4ccccc4Oc4cc5c6ccccc6n(-c6cc[c]([Po]([c]7ccccc7)[c]7ccccc7)cc6)c5cc43)c3ccccc32)cc1. The molecule has 3 heterocycles. The summed E-state index contributed by atoms with van der Waals surface area (Å²) in [7, 11) is 0. The first-order valence-corrected chi connectivity index (χ1v) is 24.9. The molecule has 1 spiro atoms. The molecule has 279 valence electrons. The van der Waals surface area contributed by atoms with Crippen LogP contribution in [0.5, 0.6) is 11.5 Å². The van der Waals surface area contributed by atoms with E-state index >= 15 is 0 Å². The molecule has 0 atom stereocenters. The Kier molecular flexibility index (Phi) is 7.97. The molecule has 2 aliphatic rings. The predicted octanol–water partition coefficient (Wildman–Crippen LogP) is 11.6. The molecule has 0 aliphatic carbocycles. The summed E-state index contributed by atoms with van der Waals surface area (Å²) in [5.74, 6) is 1.77. The largest absolute Gasteiger partial charge is 0.0602 e. The Morgan fingerprint density at radius 3 is 1.54 bits per heavy atom. The monoisotopic (exact) mass is 950 g/mol. The average molecular weight is 951 g/mol. The maximum absolute atomic E-state index is 7.03. The Morgan fingerprint density at radius 2 is 0.881 bits per heavy atom. The molecule has 0 amide bonds. The van der Waals surface area contributed by atoms with Gasteiger partial charge in [-0.15, -0.1) is 0 Å². The maximum Gasteiger partial charge on any atom is -0.0380 e. The molecule has 4 heteroatoms. The Balaban J connectivity index is 1.12. The topological polar surface area (TPSA) is 17.4 Å². The van der Waals surface area contributed by atoms with Crippen molar-refractivity contribution in [3.63, 3.8) is 0 Å². The second-order valence-electron chi connectivity index (χ2n) is 15.2. The molecule has 0 fully saturated rings. The van der Waals surface area contributed by atoms with Crippen LogP contribution in [-0.4, -0.2) is 26.6 Å². The van der Waals surface area contributed by atoms with Gasteiger partial charge in [0.25, 0.3) is 0 Å². The first-order chi connectivity index (χ1) is 29.3. The molecule has 0 bridgehead atoms. The number of nitrogens with zero attached hydrogens (tertiary/aromatic N) is 2. The Labute approximate surface area is 351 Å². The third-order valence-corrected chi connectivity index (χ3v) is 20.8. The van der Waals surface area contributed by atoms with Crippen molar-refractivity contribution in [2.45, 2.75) is 5.41 Å². The Bertz CT molecular complexity index is 3110. The molecule has 0 saturated carbocycles. The van der Waals surface area contributed by atoms with Crippen LogP contribution in [0.15, 0.2) is 224 Å². The van der Waals surface area contributed by atoms with Gasteiger partial charge >= 0.3 is 300 Å². The molecule has 9 aromatic carbocycles. The normalized spacial score (nSPS) is 13.5. The zero-order valence-corrected chi connectivity index (χ0v) is 35.2. The molecule has 59 heavy (non-hydrogen) atoms. The van der Waals surface area contributed by atoms with Crippen LogP contribution in [0, 0.1) is 0 Å². The minimum Gasteiger partial charge on any atom is -0.0602 e. The van der Waals surface area contributed by atoms with Gasteiger partial charge in [0.15, 0.2) is 0 Å². The van der Waals surface area contributed by atoms with Crippen LogP contribution in [0.4, 0.5) is 17.1 Å². The van der Waals surface area contributed by atoms with E-state index in [9.17, 15) is 0 Å². The van der Waals surface area contributed by atoms with Gasteiger partial charge in [0.1, 0.15) is 0 Å². The van der Waals surface area contributed by atoms with Crippen LogP contribution in [0.3, 0.4) is 0 Å². The van der Waals surface area contributed by atoms with Crippen LogP contribution < -0.4 is 19.3 Å². The fraction of sp³-hybridized carbons (Fsp3) is 0.0182. The van der Waals surface area contributed by atoms with Crippen molar-refractivity contribution in [2.24, 2.45) is 0 Å². The van der Waals surface area contributed by atoms with Crippen molar-refractivity contribution in [1.82, 2.24) is 4.57 Å². The smallest absolute Gasteiger partial charge is 0.0380 e. The van der Waals surface area contributed by atoms with Crippen molar-refractivity contribution in [2.75, 3.05) is 4.90 Å². The fourth-order valence-electron chi connectivity index (χ4n) is 9.71. The van der Waals surface area contributed by atoms with E-state index in [2.05, 4.69) is 234 Å². The summed E-state index contributed by atoms with van der Waals surface area (Å²) in [5, 5.41) is 2.38. The van der Waals surface area contributed by atoms with E-state index in [1.54, 1.807) is 0 Å². The van der Waals surface area contributed by atoms with Crippen molar-refractivity contribution in [3.05, 3.63) is 247 Å². The molecular formula is C55H37N2OPo. The standard InChI is InChI=1S/C43H27N2O.2C6H5.Po/c1-3-15-29(16-4-1)44-37-23-11-7-19-31(37)32-27-42-36(28-40(32)44)43(35-22-10-14-26-41(35)46-42)33-20-8-12-24-38(33)45(30-17-5-2-6-18-30)39-25-13-9-21-34(39)43;2*1-2-4-6-5-3-1;/h2-28H;2*1-5H;. The molecule has 3 nitrogen and oxygen atoms in total. The summed E-state index contributed by atoms with van der Waals surface area (Å²) in [6, 6.07) is 82.6. The van der Waals surface area contributed by atoms with Crippen molar-refractivity contribution in [1.29, 1.82) is 0 Å². The summed E-state index contributed by atoms with van der Waals surface area (Å²) in [4.78, 5) is 2.42. The summed E-state index contributed by atoms with van der Waals surface area (Å²) in [6.07, 6.45) is 0. The van der Waals surface area contributed by atoms with Crippen LogP contribution >= 0.6 is 0 Å². The number of fused-ring (bicyclic) bond motifs is 11. The van der Waals surface area contributed by atoms with Gasteiger partial charge in [0.2, 0.25) is 0 Å². The molecule has 0 saturated heterocycles. The number of hydrogen-bond acceptors (Lipinski definition) is 2. The number of hydrogen-bond donors (Lipinski definition) is 0. The molecule has 12 rings (SSSR count). The van der Waals surface area contributed by atoms with E-state index in [1.807, 2.05) is 0 Å². The van der Waals surface area contributed by atoms with E-state index in [4.69, 9.17) is 4.74 Å². The molecular weight excluding hydrogens is 914 g/mol. The Morgan fingerprint density at radius 1 is 0.356 bits per heavy atom. The quantitative estimate of drug-likeness (QED) is 0.171. The first-order valence-electron chi connectivity index (χ1n) is 20.1. The van der Waals surface area contributed by atoms with Crippen LogP contribution in [0.25, 0.3) is 27.5 Å². The molecule has 1 radical (unpaired) electrons. The van der Waals surface area contributed by atoms with Gasteiger partial charge in [-0.3, -0.25) is 0 Å². The van der Waals surface area contributed by atoms with E-state index in [1.165, 1.54) is 37.1 Å². The second kappa shape index (κ2) is 13.7. The Hall–Kier alpha value is -6.72. The van der Waals surface area contributed by atoms with E-state index < -0.39 is 27.5 Å². The number of aromatic nitrogens is 1. The third kappa shape index (κ3) is 5.16. The van der Waals surface area contributed by atoms with Gasteiger partial charge in [-0.25, -0.2) is 0 Å². The molecule has 2 aliphatic heterocycles. The van der Waals surface area contributed by atoms with Crippen LogP contribution in [0.2, 0.25) is 0 Å². The van der Waals surface area contributed by atoms with E-state index in [-0.39, 0.29) is 0 Å². The molecule has 0 N–H and O–H groups in total. The van der Waals surface area contributed by atoms with Crippen molar-refractivity contribution in [3.8, 4) is 17.2 Å². The zero-order chi connectivity index (χ0) is 38.9. The van der Waals surface area contributed by atoms with Gasteiger partial charge < -0.3 is 0 Å². The molecule has 0 unspecified atom stereocenters. The number of benzene rings is 9. The van der Waals surface area contributed by atoms with Crippen LogP contribution in [-0.2, 0) is 5.41 Å². The third-order valence-electron chi connectivity index (χ3n) is 12.1. The van der Waals surface area contributed by atoms with Crippen molar-refractivity contribution < 1.29 is 4.74 Å². The van der Waals surface area contributed by atoms with Crippen molar-refractivity contribution >= 4 is 70.6 Å². The second-order valence-corrected chi connectivity index (χ2v) is 23.1. The van der Waals surface area contributed by atoms with Crippen LogP contribution in [0.1, 0.15) is 22.3 Å². The van der Waals surface area contributed by atoms with Gasteiger partial charge in [0.05, 0.1) is 0 Å². The maximum atomic E-state index is 7.03. The number of rotatable bonds is 5. The number of anilines is 3. The summed E-state index contributed by atoms with van der Waals surface area (Å²) >= 11 is -2.43. The minimum atomic E-state index is -2.43. The molecule has 1 aromatic heterocycles. The number of ether oxygens (including phenoxy) is 1. The van der Waals surface area contributed by atoms with Gasteiger partial charge in [-0.2, -0.15) is 0 Å². The fourth-order valence-corrected chi connectivity index (χ4v) is 17.8. The summed E-state index contributed by atoms with van der Waals surface area (Å²) in [6.45, 7) is 0. The first kappa shape index (κ1) is 34.3. The molecule has 10 aromatic rings. The predicted molar refractivity (Wildman–Crippen MR) is 245 cm³/mol. The van der Waals surface area contributed by atoms with E-state index in [0.29, 0.717) is 0 Å². The van der Waals surface area contributed by atoms with Gasteiger partial charge in [0, 0.05) is 5.69 Å². The summed E-state index contributed by atoms with van der Waals surface area (Å²) in [5.41, 5.74) is 11.0.